The summed E-state index contributed by atoms with van der Waals surface area (Å²) in [4.78, 5) is 10.5. The van der Waals surface area contributed by atoms with Crippen LogP contribution in [0.15, 0.2) is 24.3 Å². The van der Waals surface area contributed by atoms with Crippen LogP contribution in [0.25, 0.3) is 0 Å². The number of Topliss-reactive ketones (excluding diaryl/α,β-unsaturated/α-hetero) is 1. The van der Waals surface area contributed by atoms with E-state index in [1.54, 1.807) is 0 Å². The zero-order valence-corrected chi connectivity index (χ0v) is 5.35. The molecule has 0 saturated heterocycles. The maximum atomic E-state index is 10.5. The van der Waals surface area contributed by atoms with E-state index in [4.69, 9.17) is 5.41 Å². The smallest absolute Gasteiger partial charge is 0.159 e. The number of rotatable bonds is 3. The summed E-state index contributed by atoms with van der Waals surface area (Å²) in [5, 5.41) is 6.63. The highest BCUT2D eigenvalue weighted by atomic mass is 16.1. The Labute approximate surface area is 54.4 Å². The van der Waals surface area contributed by atoms with Crippen molar-refractivity contribution in [2.24, 2.45) is 0 Å². The molecule has 0 amide bonds. The van der Waals surface area contributed by atoms with Crippen LogP contribution in [-0.2, 0) is 4.79 Å². The molecule has 0 aliphatic carbocycles. The van der Waals surface area contributed by atoms with Crippen LogP contribution in [0.2, 0.25) is 0 Å². The Morgan fingerprint density at radius 3 is 2.33 bits per heavy atom. The molecule has 0 aromatic heterocycles. The van der Waals surface area contributed by atoms with E-state index in [9.17, 15) is 4.79 Å². The Balaban J connectivity index is 4.32. The number of allylic oxidation sites excluding steroid dienone is 3. The molecule has 0 fully saturated rings. The van der Waals surface area contributed by atoms with Gasteiger partial charge in [-0.2, -0.15) is 0 Å². The SMILES string of the molecule is C=CC(=CC=N)C(C)=O. The average molecular weight is 123 g/mol. The summed E-state index contributed by atoms with van der Waals surface area (Å²) < 4.78 is 0. The molecule has 9 heavy (non-hydrogen) atoms. The fourth-order valence-corrected chi connectivity index (χ4v) is 0.419. The van der Waals surface area contributed by atoms with Crippen molar-refractivity contribution in [1.29, 1.82) is 5.41 Å². The number of ketones is 1. The van der Waals surface area contributed by atoms with Gasteiger partial charge in [-0.05, 0) is 13.0 Å². The maximum absolute atomic E-state index is 10.5. The average Bonchev–Trinajstić information content (AvgIpc) is 1.82. The highest BCUT2D eigenvalue weighted by Gasteiger charge is 1.93. The minimum Gasteiger partial charge on any atom is -0.309 e. The van der Waals surface area contributed by atoms with Crippen molar-refractivity contribution >= 4 is 12.0 Å². The molecule has 0 spiro atoms. The molecule has 0 rings (SSSR count). The van der Waals surface area contributed by atoms with Gasteiger partial charge in [-0.15, -0.1) is 0 Å². The molecule has 0 atom stereocenters. The Kier molecular flexibility index (Phi) is 3.28. The van der Waals surface area contributed by atoms with Gasteiger partial charge < -0.3 is 5.41 Å². The molecule has 0 aromatic carbocycles. The number of carbonyl (C=O) groups is 1. The molecule has 0 radical (unpaired) electrons. The fraction of sp³-hybridized carbons (Fsp3) is 0.143. The van der Waals surface area contributed by atoms with Gasteiger partial charge >= 0.3 is 0 Å². The number of hydrogen-bond acceptors (Lipinski definition) is 2. The monoisotopic (exact) mass is 123 g/mol. The van der Waals surface area contributed by atoms with Crippen molar-refractivity contribution < 1.29 is 4.79 Å². The van der Waals surface area contributed by atoms with Gasteiger partial charge in [-0.1, -0.05) is 12.7 Å². The molecule has 48 valence electrons. The molecule has 2 heteroatoms. The summed E-state index contributed by atoms with van der Waals surface area (Å²) in [7, 11) is 0. The summed E-state index contributed by atoms with van der Waals surface area (Å²) >= 11 is 0. The van der Waals surface area contributed by atoms with Crippen LogP contribution in [0.1, 0.15) is 6.92 Å². The van der Waals surface area contributed by atoms with Gasteiger partial charge in [0.25, 0.3) is 0 Å². The number of nitrogens with one attached hydrogen (secondary N) is 1. The van der Waals surface area contributed by atoms with E-state index in [0.717, 1.165) is 6.21 Å². The van der Waals surface area contributed by atoms with Crippen LogP contribution in [0.5, 0.6) is 0 Å². The summed E-state index contributed by atoms with van der Waals surface area (Å²) in [6.07, 6.45) is 3.92. The third-order valence-electron chi connectivity index (χ3n) is 0.889. The lowest BCUT2D eigenvalue weighted by Crippen LogP contribution is -1.91. The first-order valence-corrected chi connectivity index (χ1v) is 2.56. The van der Waals surface area contributed by atoms with Crippen LogP contribution < -0.4 is 0 Å². The Morgan fingerprint density at radius 1 is 1.67 bits per heavy atom. The summed E-state index contributed by atoms with van der Waals surface area (Å²) in [5.74, 6) is -0.0616. The normalized spacial score (nSPS) is 10.6. The van der Waals surface area contributed by atoms with Crippen molar-refractivity contribution in [2.45, 2.75) is 6.92 Å². The number of carbonyl (C=O) groups excluding carboxylic acids is 1. The third kappa shape index (κ3) is 2.59. The van der Waals surface area contributed by atoms with Crippen molar-refractivity contribution in [2.75, 3.05) is 0 Å². The maximum Gasteiger partial charge on any atom is 0.159 e. The van der Waals surface area contributed by atoms with E-state index in [-0.39, 0.29) is 5.78 Å². The summed E-state index contributed by atoms with van der Waals surface area (Å²) in [6.45, 7) is 4.85. The molecule has 2 nitrogen and oxygen atoms in total. The highest BCUT2D eigenvalue weighted by molar-refractivity contribution is 5.99. The summed E-state index contributed by atoms with van der Waals surface area (Å²) in [5.41, 5.74) is 0.477. The van der Waals surface area contributed by atoms with E-state index in [2.05, 4.69) is 6.58 Å². The van der Waals surface area contributed by atoms with Crippen LogP contribution in [0.4, 0.5) is 0 Å². The molecule has 0 saturated carbocycles. The molecule has 0 unspecified atom stereocenters. The first-order valence-electron chi connectivity index (χ1n) is 2.56. The van der Waals surface area contributed by atoms with Gasteiger partial charge in [0, 0.05) is 11.8 Å². The Bertz CT molecular complexity index is 168. The van der Waals surface area contributed by atoms with Crippen LogP contribution in [0.3, 0.4) is 0 Å². The Hall–Kier alpha value is -1.18. The third-order valence-corrected chi connectivity index (χ3v) is 0.889. The molecular weight excluding hydrogens is 114 g/mol. The van der Waals surface area contributed by atoms with Crippen molar-refractivity contribution in [3.05, 3.63) is 24.3 Å². The van der Waals surface area contributed by atoms with Gasteiger partial charge in [0.15, 0.2) is 5.78 Å². The second kappa shape index (κ2) is 3.78. The molecule has 0 aromatic rings. The zero-order valence-electron chi connectivity index (χ0n) is 5.35. The van der Waals surface area contributed by atoms with Gasteiger partial charge in [-0.3, -0.25) is 4.79 Å². The lowest BCUT2D eigenvalue weighted by Gasteiger charge is -1.88. The van der Waals surface area contributed by atoms with Crippen molar-refractivity contribution in [1.82, 2.24) is 0 Å². The Morgan fingerprint density at radius 2 is 2.22 bits per heavy atom. The van der Waals surface area contributed by atoms with E-state index >= 15 is 0 Å². The molecular formula is C7H9NO. The lowest BCUT2D eigenvalue weighted by molar-refractivity contribution is -0.113. The highest BCUT2D eigenvalue weighted by Crippen LogP contribution is 1.93. The van der Waals surface area contributed by atoms with Crippen LogP contribution in [0, 0.1) is 5.41 Å². The topological polar surface area (TPSA) is 40.9 Å². The van der Waals surface area contributed by atoms with Gasteiger partial charge in [0.2, 0.25) is 0 Å². The second-order valence-corrected chi connectivity index (χ2v) is 1.55. The lowest BCUT2D eigenvalue weighted by atomic mass is 10.2. The quantitative estimate of drug-likeness (QED) is 0.343. The van der Waals surface area contributed by atoms with E-state index in [1.807, 2.05) is 0 Å². The summed E-state index contributed by atoms with van der Waals surface area (Å²) in [6, 6.07) is 0. The van der Waals surface area contributed by atoms with Gasteiger partial charge in [0.1, 0.15) is 0 Å². The number of hydrogen-bond donors (Lipinski definition) is 1. The first-order chi connectivity index (χ1) is 4.22. The molecule has 0 heterocycles. The van der Waals surface area contributed by atoms with Gasteiger partial charge in [0.05, 0.1) is 0 Å². The fourth-order valence-electron chi connectivity index (χ4n) is 0.419. The molecule has 0 aliphatic rings. The van der Waals surface area contributed by atoms with E-state index in [0.29, 0.717) is 5.57 Å². The van der Waals surface area contributed by atoms with Crippen LogP contribution >= 0.6 is 0 Å². The zero-order chi connectivity index (χ0) is 7.28. The molecule has 0 aliphatic heterocycles. The van der Waals surface area contributed by atoms with E-state index < -0.39 is 0 Å². The molecule has 1 N–H and O–H groups in total. The standard InChI is InChI=1S/C7H9NO/c1-3-7(4-5-8)6(2)9/h3-5,8H,1H2,2H3. The predicted octanol–water partition coefficient (Wildman–Crippen LogP) is 1.34. The van der Waals surface area contributed by atoms with Crippen molar-refractivity contribution in [3.63, 3.8) is 0 Å². The minimum atomic E-state index is -0.0616. The largest absolute Gasteiger partial charge is 0.309 e. The van der Waals surface area contributed by atoms with Crippen molar-refractivity contribution in [3.8, 4) is 0 Å². The van der Waals surface area contributed by atoms with Crippen LogP contribution in [-0.4, -0.2) is 12.0 Å². The second-order valence-electron chi connectivity index (χ2n) is 1.55. The minimum absolute atomic E-state index is 0.0616. The van der Waals surface area contributed by atoms with Gasteiger partial charge in [-0.25, -0.2) is 0 Å². The van der Waals surface area contributed by atoms with E-state index in [1.165, 1.54) is 19.1 Å². The first kappa shape index (κ1) is 7.82. The predicted molar refractivity (Wildman–Crippen MR) is 37.7 cm³/mol. The molecule has 0 bridgehead atoms.